The van der Waals surface area contributed by atoms with Crippen LogP contribution in [0.3, 0.4) is 0 Å². The fraction of sp³-hybridized carbons (Fsp3) is 0.812. The first-order valence-corrected chi connectivity index (χ1v) is 8.16. The molecule has 8 heteroatoms. The van der Waals surface area contributed by atoms with E-state index in [1.54, 1.807) is 19.0 Å². The maximum absolute atomic E-state index is 11.9. The van der Waals surface area contributed by atoms with Crippen molar-refractivity contribution >= 4 is 18.0 Å². The third-order valence-corrected chi connectivity index (χ3v) is 3.64. The molecule has 24 heavy (non-hydrogen) atoms. The molecule has 0 radical (unpaired) electrons. The molecule has 0 atom stereocenters. The summed E-state index contributed by atoms with van der Waals surface area (Å²) in [6, 6.07) is 0.117. The fourth-order valence-corrected chi connectivity index (χ4v) is 2.16. The van der Waals surface area contributed by atoms with Gasteiger partial charge in [-0.15, -0.1) is 0 Å². The van der Waals surface area contributed by atoms with Crippen LogP contribution < -0.4 is 16.0 Å². The molecule has 8 nitrogen and oxygen atoms in total. The molecule has 0 spiro atoms. The lowest BCUT2D eigenvalue weighted by Gasteiger charge is -2.40. The highest BCUT2D eigenvalue weighted by atomic mass is 16.6. The second kappa shape index (κ2) is 7.72. The van der Waals surface area contributed by atoms with Crippen LogP contribution >= 0.6 is 0 Å². The van der Waals surface area contributed by atoms with Gasteiger partial charge in [0.25, 0.3) is 0 Å². The van der Waals surface area contributed by atoms with Crippen molar-refractivity contribution in [2.45, 2.75) is 46.3 Å². The molecular formula is C16H31N5O3. The van der Waals surface area contributed by atoms with Gasteiger partial charge in [0.05, 0.1) is 11.5 Å². The molecule has 0 aromatic rings. The van der Waals surface area contributed by atoms with Crippen molar-refractivity contribution in [1.29, 1.82) is 0 Å². The number of guanidine groups is 1. The van der Waals surface area contributed by atoms with Crippen molar-refractivity contribution in [2.24, 2.45) is 10.4 Å². The van der Waals surface area contributed by atoms with E-state index in [0.29, 0.717) is 25.6 Å². The Morgan fingerprint density at radius 2 is 1.79 bits per heavy atom. The average molecular weight is 341 g/mol. The van der Waals surface area contributed by atoms with Crippen LogP contribution in [0.2, 0.25) is 0 Å². The molecule has 0 unspecified atom stereocenters. The van der Waals surface area contributed by atoms with Gasteiger partial charge in [0.1, 0.15) is 5.60 Å². The number of hydrogen-bond donors (Lipinski definition) is 3. The van der Waals surface area contributed by atoms with Crippen molar-refractivity contribution in [3.8, 4) is 0 Å². The Balaban J connectivity index is 2.39. The standard InChI is InChI=1S/C16H31N5O3/c1-15(2,3)24-14(23)21-8-11(9-21)20-13(18-7)19-10-16(4,5)12(22)17-6/h11H,8-10H2,1-7H3,(H,17,22)(H2,18,19,20). The van der Waals surface area contributed by atoms with Crippen molar-refractivity contribution in [3.05, 3.63) is 0 Å². The molecular weight excluding hydrogens is 310 g/mol. The third kappa shape index (κ3) is 5.90. The van der Waals surface area contributed by atoms with Crippen LogP contribution in [0.15, 0.2) is 4.99 Å². The predicted molar refractivity (Wildman–Crippen MR) is 93.9 cm³/mol. The smallest absolute Gasteiger partial charge is 0.410 e. The van der Waals surface area contributed by atoms with Crippen LogP contribution in [0, 0.1) is 5.41 Å². The van der Waals surface area contributed by atoms with E-state index in [9.17, 15) is 9.59 Å². The molecule has 1 rings (SSSR count). The molecule has 138 valence electrons. The van der Waals surface area contributed by atoms with Crippen LogP contribution in [-0.2, 0) is 9.53 Å². The minimum absolute atomic E-state index is 0.0369. The number of likely N-dealkylation sites (tertiary alicyclic amines) is 1. The Hall–Kier alpha value is -1.99. The van der Waals surface area contributed by atoms with Gasteiger partial charge in [-0.3, -0.25) is 9.79 Å². The van der Waals surface area contributed by atoms with Crippen LogP contribution in [0.5, 0.6) is 0 Å². The number of nitrogens with zero attached hydrogens (tertiary/aromatic N) is 2. The molecule has 0 aromatic carbocycles. The molecule has 1 saturated heterocycles. The van der Waals surface area contributed by atoms with E-state index >= 15 is 0 Å². The Kier molecular flexibility index (Phi) is 6.45. The first-order valence-electron chi connectivity index (χ1n) is 8.16. The van der Waals surface area contributed by atoms with Gasteiger partial charge in [-0.1, -0.05) is 0 Å². The highest BCUT2D eigenvalue weighted by molar-refractivity contribution is 5.84. The molecule has 0 saturated carbocycles. The van der Waals surface area contributed by atoms with Crippen LogP contribution in [0.25, 0.3) is 0 Å². The van der Waals surface area contributed by atoms with Gasteiger partial charge in [0, 0.05) is 33.7 Å². The summed E-state index contributed by atoms with van der Waals surface area (Å²) in [7, 11) is 3.29. The van der Waals surface area contributed by atoms with Crippen molar-refractivity contribution in [1.82, 2.24) is 20.9 Å². The van der Waals surface area contributed by atoms with E-state index < -0.39 is 11.0 Å². The SMILES string of the molecule is CN=C(NCC(C)(C)C(=O)NC)NC1CN(C(=O)OC(C)(C)C)C1. The second-order valence-electron chi connectivity index (χ2n) is 7.62. The molecule has 0 aliphatic carbocycles. The molecule has 2 amide bonds. The minimum Gasteiger partial charge on any atom is -0.444 e. The summed E-state index contributed by atoms with van der Waals surface area (Å²) in [5.41, 5.74) is -1.03. The van der Waals surface area contributed by atoms with E-state index in [-0.39, 0.29) is 18.0 Å². The van der Waals surface area contributed by atoms with E-state index in [1.807, 2.05) is 34.6 Å². The lowest BCUT2D eigenvalue weighted by atomic mass is 9.92. The molecule has 1 aliphatic rings. The van der Waals surface area contributed by atoms with Gasteiger partial charge < -0.3 is 25.6 Å². The van der Waals surface area contributed by atoms with Crippen molar-refractivity contribution in [2.75, 3.05) is 33.7 Å². The number of aliphatic imine (C=N–C) groups is 1. The van der Waals surface area contributed by atoms with Crippen LogP contribution in [-0.4, -0.2) is 68.2 Å². The lowest BCUT2D eigenvalue weighted by molar-refractivity contribution is -0.128. The Labute approximate surface area is 144 Å². The monoisotopic (exact) mass is 341 g/mol. The summed E-state index contributed by atoms with van der Waals surface area (Å²) in [5.74, 6) is 0.575. The van der Waals surface area contributed by atoms with Gasteiger partial charge in [-0.2, -0.15) is 0 Å². The summed E-state index contributed by atoms with van der Waals surface area (Å²) < 4.78 is 5.32. The number of carbonyl (C=O) groups is 2. The van der Waals surface area contributed by atoms with Gasteiger partial charge in [-0.05, 0) is 34.6 Å². The second-order valence-corrected chi connectivity index (χ2v) is 7.62. The quantitative estimate of drug-likeness (QED) is 0.512. The maximum atomic E-state index is 11.9. The highest BCUT2D eigenvalue weighted by Gasteiger charge is 2.34. The largest absolute Gasteiger partial charge is 0.444 e. The summed E-state index contributed by atoms with van der Waals surface area (Å²) in [6.45, 7) is 10.8. The fourth-order valence-electron chi connectivity index (χ4n) is 2.16. The zero-order chi connectivity index (χ0) is 18.5. The number of nitrogens with one attached hydrogen (secondary N) is 3. The van der Waals surface area contributed by atoms with Gasteiger partial charge >= 0.3 is 6.09 Å². The van der Waals surface area contributed by atoms with E-state index in [4.69, 9.17) is 4.74 Å². The average Bonchev–Trinajstić information content (AvgIpc) is 2.42. The molecule has 0 aromatic heterocycles. The van der Waals surface area contributed by atoms with Gasteiger partial charge in [0.2, 0.25) is 5.91 Å². The number of amides is 2. The van der Waals surface area contributed by atoms with Crippen LogP contribution in [0.1, 0.15) is 34.6 Å². The number of hydrogen-bond acceptors (Lipinski definition) is 4. The third-order valence-electron chi connectivity index (χ3n) is 3.64. The lowest BCUT2D eigenvalue weighted by Crippen LogP contribution is -2.63. The van der Waals surface area contributed by atoms with Crippen molar-refractivity contribution in [3.63, 3.8) is 0 Å². The van der Waals surface area contributed by atoms with Gasteiger partial charge in [-0.25, -0.2) is 4.79 Å². The maximum Gasteiger partial charge on any atom is 0.410 e. The zero-order valence-corrected chi connectivity index (χ0v) is 15.8. The Morgan fingerprint density at radius 3 is 2.25 bits per heavy atom. The minimum atomic E-state index is -0.547. The van der Waals surface area contributed by atoms with E-state index in [2.05, 4.69) is 20.9 Å². The summed E-state index contributed by atoms with van der Waals surface area (Å²) in [5, 5.41) is 9.04. The number of carbonyl (C=O) groups excluding carboxylic acids is 2. The van der Waals surface area contributed by atoms with E-state index in [0.717, 1.165) is 0 Å². The molecule has 1 fully saturated rings. The number of ether oxygens (including phenoxy) is 1. The Bertz CT molecular complexity index is 490. The summed E-state index contributed by atoms with van der Waals surface area (Å²) >= 11 is 0. The Morgan fingerprint density at radius 1 is 1.21 bits per heavy atom. The highest BCUT2D eigenvalue weighted by Crippen LogP contribution is 2.15. The first-order chi connectivity index (χ1) is 11.0. The predicted octanol–water partition coefficient (Wildman–Crippen LogP) is 0.543. The zero-order valence-electron chi connectivity index (χ0n) is 15.8. The molecule has 0 bridgehead atoms. The molecule has 1 aliphatic heterocycles. The number of rotatable bonds is 4. The normalized spacial score (nSPS) is 16.3. The molecule has 3 N–H and O–H groups in total. The molecule has 1 heterocycles. The topological polar surface area (TPSA) is 95.1 Å². The first kappa shape index (κ1) is 20.1. The summed E-state index contributed by atoms with van der Waals surface area (Å²) in [4.78, 5) is 29.5. The van der Waals surface area contributed by atoms with E-state index in [1.165, 1.54) is 0 Å². The van der Waals surface area contributed by atoms with Crippen LogP contribution in [0.4, 0.5) is 4.79 Å². The summed E-state index contributed by atoms with van der Waals surface area (Å²) in [6.07, 6.45) is -0.302. The van der Waals surface area contributed by atoms with Crippen molar-refractivity contribution < 1.29 is 14.3 Å². The van der Waals surface area contributed by atoms with Gasteiger partial charge in [0.15, 0.2) is 5.96 Å².